The van der Waals surface area contributed by atoms with Crippen LogP contribution in [0.5, 0.6) is 0 Å². The lowest BCUT2D eigenvalue weighted by Gasteiger charge is -2.49. The minimum absolute atomic E-state index is 0. The molecule has 8 nitrogen and oxygen atoms in total. The van der Waals surface area contributed by atoms with Crippen LogP contribution >= 0.6 is 0 Å². The number of quaternary nitrogens is 2. The molecule has 4 bridgehead atoms. The maximum atomic E-state index is 13.2. The molecule has 0 N–H and O–H groups in total. The number of likely N-dealkylation sites (N-methyl/N-ethyl adjacent to an activating group) is 2. The molecule has 4 aromatic carbocycles. The van der Waals surface area contributed by atoms with E-state index in [2.05, 4.69) is 38.4 Å². The summed E-state index contributed by atoms with van der Waals surface area (Å²) in [6.45, 7) is 11.9. The Morgan fingerprint density at radius 1 is 0.536 bits per heavy atom. The average molecular weight is 985 g/mol. The number of carbonyl (C=O) groups is 2. The number of aryl methyl sites for hydroxylation is 2. The summed E-state index contributed by atoms with van der Waals surface area (Å²) in [5.41, 5.74) is 6.22. The van der Waals surface area contributed by atoms with Crippen molar-refractivity contribution < 1.29 is 76.0 Å². The number of amides is 2. The molecule has 56 heavy (non-hydrogen) atoms. The van der Waals surface area contributed by atoms with Gasteiger partial charge in [0, 0.05) is 37.5 Å². The molecule has 6 aliphatic rings. The Hall–Kier alpha value is -3.20. The molecule has 6 heterocycles. The first-order valence-corrected chi connectivity index (χ1v) is 19.9. The molecule has 6 saturated heterocycles. The van der Waals surface area contributed by atoms with Gasteiger partial charge in [-0.15, -0.1) is 0 Å². The molecule has 0 radical (unpaired) electrons. The Kier molecular flexibility index (Phi) is 15.3. The molecule has 6 fully saturated rings. The maximum absolute atomic E-state index is 13.2. The van der Waals surface area contributed by atoms with E-state index < -0.39 is 0 Å². The number of anilines is 2. The predicted octanol–water partition coefficient (Wildman–Crippen LogP) is 2.76. The zero-order valence-corrected chi connectivity index (χ0v) is 37.7. The van der Waals surface area contributed by atoms with Crippen molar-refractivity contribution in [1.29, 1.82) is 0 Å². The summed E-state index contributed by atoms with van der Waals surface area (Å²) >= 11 is 0. The fourth-order valence-corrected chi connectivity index (χ4v) is 9.11. The van der Waals surface area contributed by atoms with Gasteiger partial charge < -0.3 is 66.4 Å². The van der Waals surface area contributed by atoms with Gasteiger partial charge in [-0.1, -0.05) is 97.1 Å². The molecule has 0 spiro atoms. The summed E-state index contributed by atoms with van der Waals surface area (Å²) in [6, 6.07) is 36.3. The van der Waals surface area contributed by atoms with Crippen LogP contribution < -0.4 is 57.8 Å². The minimum Gasteiger partial charge on any atom is -1.00 e. The van der Waals surface area contributed by atoms with Crippen LogP contribution in [0.3, 0.4) is 0 Å². The topological polar surface area (TPSA) is 59.1 Å². The molecule has 6 aliphatic heterocycles. The van der Waals surface area contributed by atoms with Gasteiger partial charge in [0.05, 0.1) is 64.7 Å². The second-order valence-corrected chi connectivity index (χ2v) is 16.7. The lowest BCUT2D eigenvalue weighted by molar-refractivity contribution is -0.928. The zero-order valence-electron chi connectivity index (χ0n) is 33.4. The molecule has 300 valence electrons. The van der Waals surface area contributed by atoms with E-state index in [1.54, 1.807) is 9.80 Å². The van der Waals surface area contributed by atoms with E-state index in [1.807, 2.05) is 98.8 Å². The Balaban J connectivity index is 0.000000207. The second-order valence-electron chi connectivity index (χ2n) is 16.7. The van der Waals surface area contributed by atoms with Gasteiger partial charge in [-0.3, -0.25) is 9.80 Å². The third kappa shape index (κ3) is 10.6. The normalized spacial score (nSPS) is 25.6. The molecule has 0 aliphatic carbocycles. The van der Waals surface area contributed by atoms with Gasteiger partial charge >= 0.3 is 12.2 Å². The molecule has 0 unspecified atom stereocenters. The third-order valence-electron chi connectivity index (χ3n) is 12.6. The van der Waals surface area contributed by atoms with Gasteiger partial charge in [0.2, 0.25) is 0 Å². The average Bonchev–Trinajstić information content (AvgIpc) is 3.18. The van der Waals surface area contributed by atoms with Gasteiger partial charge in [-0.2, -0.15) is 0 Å². The molecule has 0 saturated carbocycles. The quantitative estimate of drug-likeness (QED) is 0.202. The highest BCUT2D eigenvalue weighted by Gasteiger charge is 2.47. The van der Waals surface area contributed by atoms with E-state index in [4.69, 9.17) is 9.47 Å². The van der Waals surface area contributed by atoms with Crippen LogP contribution in [0.25, 0.3) is 0 Å². The first-order valence-electron chi connectivity index (χ1n) is 19.9. The molecule has 10 heteroatoms. The van der Waals surface area contributed by atoms with Crippen LogP contribution in [-0.2, 0) is 22.6 Å². The highest BCUT2D eigenvalue weighted by molar-refractivity contribution is 5.89. The number of piperidine rings is 6. The van der Waals surface area contributed by atoms with Crippen molar-refractivity contribution in [3.63, 3.8) is 0 Å². The summed E-state index contributed by atoms with van der Waals surface area (Å²) in [5, 5.41) is 0. The number of ether oxygens (including phenoxy) is 2. The van der Waals surface area contributed by atoms with Crippen molar-refractivity contribution >= 4 is 23.6 Å². The molecule has 10 rings (SSSR count). The molecule has 4 aromatic rings. The number of rotatable bonds is 8. The highest BCUT2D eigenvalue weighted by Crippen LogP contribution is 2.36. The van der Waals surface area contributed by atoms with Crippen molar-refractivity contribution in [3.8, 4) is 0 Å². The molecule has 0 aromatic heterocycles. The van der Waals surface area contributed by atoms with Crippen LogP contribution in [0.4, 0.5) is 21.0 Å². The van der Waals surface area contributed by atoms with Crippen LogP contribution in [0.1, 0.15) is 47.9 Å². The first-order chi connectivity index (χ1) is 26.1. The number of hydrogen-bond donors (Lipinski definition) is 0. The van der Waals surface area contributed by atoms with Crippen molar-refractivity contribution in [1.82, 2.24) is 0 Å². The largest absolute Gasteiger partial charge is 1.00 e. The molecule has 2 amide bonds. The smallest absolute Gasteiger partial charge is 0.415 e. The Morgan fingerprint density at radius 3 is 1.18 bits per heavy atom. The van der Waals surface area contributed by atoms with E-state index >= 15 is 0 Å². The van der Waals surface area contributed by atoms with E-state index in [1.165, 1.54) is 26.2 Å². The van der Waals surface area contributed by atoms with E-state index in [-0.39, 0.29) is 72.3 Å². The predicted molar refractivity (Wildman–Crippen MR) is 215 cm³/mol. The van der Waals surface area contributed by atoms with Gasteiger partial charge in [0.1, 0.15) is 13.1 Å². The number of carbonyl (C=O) groups excluding carboxylic acids is 2. The fourth-order valence-electron chi connectivity index (χ4n) is 9.11. The number of fused-ring (bicyclic) bond motifs is 6. The number of nitrogens with zero attached hydrogens (tertiary/aromatic N) is 4. The summed E-state index contributed by atoms with van der Waals surface area (Å²) in [6.07, 6.45) is 4.28. The van der Waals surface area contributed by atoms with Crippen LogP contribution in [0.15, 0.2) is 109 Å². The number of hydrogen-bond acceptors (Lipinski definition) is 4. The molecular weight excluding hydrogens is 926 g/mol. The number of halogens is 2. The van der Waals surface area contributed by atoms with Crippen LogP contribution in [0.2, 0.25) is 0 Å². The Bertz CT molecular complexity index is 1740. The second kappa shape index (κ2) is 19.5. The summed E-state index contributed by atoms with van der Waals surface area (Å²) in [7, 11) is 4.58. The number of para-hydroxylation sites is 2. The van der Waals surface area contributed by atoms with Crippen LogP contribution in [0, 0.1) is 25.7 Å². The van der Waals surface area contributed by atoms with Crippen molar-refractivity contribution in [2.24, 2.45) is 11.8 Å². The lowest BCUT2D eigenvalue weighted by Crippen LogP contribution is -3.00. The van der Waals surface area contributed by atoms with Crippen molar-refractivity contribution in [2.75, 3.05) is 63.2 Å². The molecular formula is C46H58I2N4O4. The Morgan fingerprint density at radius 2 is 0.857 bits per heavy atom. The van der Waals surface area contributed by atoms with Crippen LogP contribution in [-0.4, -0.2) is 86.7 Å². The third-order valence-corrected chi connectivity index (χ3v) is 12.6. The first kappa shape index (κ1) is 43.9. The SMILES string of the molecule is Cc1ccccc1N(Cc1ccccc1)C(=O)O[C@H]1C[N+]2(C)CCC1CC2.Cc1ccccc1N(Cc1ccccc1)C(=O)O[C@H]1C[N+]2(C)CCC1CC2.[I-].[I-]. The number of benzene rings is 4. The minimum atomic E-state index is -0.224. The lowest BCUT2D eigenvalue weighted by atomic mass is 9.84. The van der Waals surface area contributed by atoms with Gasteiger partial charge in [0.15, 0.2) is 12.2 Å². The monoisotopic (exact) mass is 984 g/mol. The Labute approximate surface area is 368 Å². The van der Waals surface area contributed by atoms with Crippen molar-refractivity contribution in [3.05, 3.63) is 131 Å². The van der Waals surface area contributed by atoms with E-state index in [9.17, 15) is 9.59 Å². The highest BCUT2D eigenvalue weighted by atomic mass is 127. The maximum Gasteiger partial charge on any atom is 0.415 e. The van der Waals surface area contributed by atoms with E-state index in [0.717, 1.165) is 81.4 Å². The molecule has 2 atom stereocenters. The van der Waals surface area contributed by atoms with Gasteiger partial charge in [-0.25, -0.2) is 9.59 Å². The van der Waals surface area contributed by atoms with Gasteiger partial charge in [0.25, 0.3) is 0 Å². The fraction of sp³-hybridized carbons (Fsp3) is 0.435. The summed E-state index contributed by atoms with van der Waals surface area (Å²) < 4.78 is 14.3. The van der Waals surface area contributed by atoms with E-state index in [0.29, 0.717) is 24.9 Å². The zero-order chi connectivity index (χ0) is 37.7. The summed E-state index contributed by atoms with van der Waals surface area (Å²) in [4.78, 5) is 30.1. The summed E-state index contributed by atoms with van der Waals surface area (Å²) in [5.74, 6) is 1.04. The van der Waals surface area contributed by atoms with Gasteiger partial charge in [-0.05, 0) is 48.2 Å². The standard InChI is InChI=1S/2C23H29N2O2.2HI/c2*1-18-8-6-7-11-21(18)24(16-19-9-4-3-5-10-19)23(26)27-22-17-25(2)14-12-20(22)13-15-25;;/h2*3-11,20,22H,12-17H2,1-2H3;2*1H/q2*+1;;/p-2/t2*20?,22-,25?;;/m00../s1. The van der Waals surface area contributed by atoms with Crippen molar-refractivity contribution in [2.45, 2.75) is 64.8 Å².